The number of hydrogen-bond donors (Lipinski definition) is 2. The van der Waals surface area contributed by atoms with Crippen LogP contribution < -0.4 is 10.6 Å². The Bertz CT molecular complexity index is 678. The van der Waals surface area contributed by atoms with Crippen molar-refractivity contribution >= 4 is 29.5 Å². The van der Waals surface area contributed by atoms with Gasteiger partial charge in [0.05, 0.1) is 10.6 Å². The molecular formula is C16H17ClF2N2O4. The number of carbonyl (C=O) groups excluding carboxylic acids is 3. The summed E-state index contributed by atoms with van der Waals surface area (Å²) >= 11 is 5.63. The Kier molecular flexibility index (Phi) is 6.69. The zero-order valence-corrected chi connectivity index (χ0v) is 14.0. The standard InChI is InChI=1S/C16H17ClF2N2O4/c17-11-7-13(19)12(18)6-10(11)15(23)25-8-14(22)21-16(24)20-9-4-2-1-3-5-9/h6-7,9H,1-5,8H2,(H2,20,21,22,24). The molecule has 0 bridgehead atoms. The molecule has 136 valence electrons. The van der Waals surface area contributed by atoms with Crippen molar-refractivity contribution in [2.45, 2.75) is 38.1 Å². The first-order valence-electron chi connectivity index (χ1n) is 7.79. The van der Waals surface area contributed by atoms with E-state index in [4.69, 9.17) is 11.6 Å². The van der Waals surface area contributed by atoms with E-state index in [0.29, 0.717) is 12.1 Å². The van der Waals surface area contributed by atoms with Gasteiger partial charge in [-0.2, -0.15) is 0 Å². The van der Waals surface area contributed by atoms with Crippen LogP contribution in [0.15, 0.2) is 12.1 Å². The fraction of sp³-hybridized carbons (Fsp3) is 0.438. The zero-order chi connectivity index (χ0) is 18.4. The first-order valence-corrected chi connectivity index (χ1v) is 8.16. The van der Waals surface area contributed by atoms with Crippen LogP contribution in [0.4, 0.5) is 13.6 Å². The van der Waals surface area contributed by atoms with Crippen LogP contribution in [0, 0.1) is 11.6 Å². The molecule has 0 unspecified atom stereocenters. The Morgan fingerprint density at radius 3 is 2.44 bits per heavy atom. The summed E-state index contributed by atoms with van der Waals surface area (Å²) < 4.78 is 30.7. The van der Waals surface area contributed by atoms with Crippen LogP contribution in [0.25, 0.3) is 0 Å². The molecule has 1 aromatic rings. The van der Waals surface area contributed by atoms with Gasteiger partial charge in [0, 0.05) is 6.04 Å². The molecule has 3 amide bonds. The van der Waals surface area contributed by atoms with E-state index >= 15 is 0 Å². The minimum atomic E-state index is -1.27. The van der Waals surface area contributed by atoms with Crippen molar-refractivity contribution in [2.75, 3.05) is 6.61 Å². The van der Waals surface area contributed by atoms with Crippen molar-refractivity contribution in [1.82, 2.24) is 10.6 Å². The second-order valence-corrected chi connectivity index (χ2v) is 6.09. The van der Waals surface area contributed by atoms with Gasteiger partial charge in [-0.15, -0.1) is 0 Å². The molecule has 1 saturated carbocycles. The number of amides is 3. The fourth-order valence-electron chi connectivity index (χ4n) is 2.52. The minimum absolute atomic E-state index is 0.0186. The third-order valence-electron chi connectivity index (χ3n) is 3.76. The molecule has 1 aromatic carbocycles. The normalized spacial score (nSPS) is 14.7. The summed E-state index contributed by atoms with van der Waals surface area (Å²) in [6, 6.07) is 0.558. The van der Waals surface area contributed by atoms with Crippen molar-refractivity contribution in [3.05, 3.63) is 34.4 Å². The lowest BCUT2D eigenvalue weighted by Gasteiger charge is -2.22. The van der Waals surface area contributed by atoms with Crippen LogP contribution >= 0.6 is 11.6 Å². The van der Waals surface area contributed by atoms with Gasteiger partial charge in [0.25, 0.3) is 5.91 Å². The number of imide groups is 1. The molecule has 6 nitrogen and oxygen atoms in total. The third-order valence-corrected chi connectivity index (χ3v) is 4.07. The van der Waals surface area contributed by atoms with Gasteiger partial charge in [0.1, 0.15) is 0 Å². The molecule has 0 atom stereocenters. The molecule has 0 radical (unpaired) electrons. The summed E-state index contributed by atoms with van der Waals surface area (Å²) in [6.07, 6.45) is 4.87. The number of ether oxygens (including phenoxy) is 1. The molecule has 0 heterocycles. The number of urea groups is 1. The van der Waals surface area contributed by atoms with Gasteiger partial charge in [-0.3, -0.25) is 10.1 Å². The van der Waals surface area contributed by atoms with Crippen LogP contribution in [-0.4, -0.2) is 30.6 Å². The maximum Gasteiger partial charge on any atom is 0.340 e. The molecule has 0 saturated heterocycles. The molecule has 1 aliphatic carbocycles. The summed E-state index contributed by atoms with van der Waals surface area (Å²) in [7, 11) is 0. The minimum Gasteiger partial charge on any atom is -0.452 e. The summed E-state index contributed by atoms with van der Waals surface area (Å²) in [5.41, 5.74) is -0.417. The Balaban J connectivity index is 1.80. The lowest BCUT2D eigenvalue weighted by atomic mass is 9.96. The van der Waals surface area contributed by atoms with E-state index in [1.54, 1.807) is 0 Å². The second-order valence-electron chi connectivity index (χ2n) is 5.68. The number of esters is 1. The van der Waals surface area contributed by atoms with Crippen LogP contribution in [0.2, 0.25) is 5.02 Å². The summed E-state index contributed by atoms with van der Waals surface area (Å²) in [6.45, 7) is -0.758. The second kappa shape index (κ2) is 8.75. The van der Waals surface area contributed by atoms with E-state index in [1.165, 1.54) is 0 Å². The van der Waals surface area contributed by atoms with Gasteiger partial charge >= 0.3 is 12.0 Å². The molecule has 9 heteroatoms. The number of rotatable bonds is 4. The topological polar surface area (TPSA) is 84.5 Å². The van der Waals surface area contributed by atoms with Crippen molar-refractivity contribution in [1.29, 1.82) is 0 Å². The van der Waals surface area contributed by atoms with Gasteiger partial charge in [-0.05, 0) is 25.0 Å². The Morgan fingerprint density at radius 2 is 1.76 bits per heavy atom. The number of benzene rings is 1. The molecule has 0 aromatic heterocycles. The number of halogens is 3. The predicted octanol–water partition coefficient (Wildman–Crippen LogP) is 2.93. The lowest BCUT2D eigenvalue weighted by molar-refractivity contribution is -0.123. The van der Waals surface area contributed by atoms with E-state index in [1.807, 2.05) is 5.32 Å². The van der Waals surface area contributed by atoms with E-state index in [9.17, 15) is 23.2 Å². The fourth-order valence-corrected chi connectivity index (χ4v) is 2.75. The Labute approximate surface area is 147 Å². The van der Waals surface area contributed by atoms with Gasteiger partial charge in [0.2, 0.25) is 0 Å². The van der Waals surface area contributed by atoms with Crippen molar-refractivity contribution in [3.63, 3.8) is 0 Å². The quantitative estimate of drug-likeness (QED) is 0.627. The SMILES string of the molecule is O=C(COC(=O)c1cc(F)c(F)cc1Cl)NC(=O)NC1CCCCC1. The smallest absolute Gasteiger partial charge is 0.340 e. The van der Waals surface area contributed by atoms with Gasteiger partial charge in [-0.25, -0.2) is 18.4 Å². The Hall–Kier alpha value is -2.22. The average molecular weight is 375 g/mol. The van der Waals surface area contributed by atoms with Crippen LogP contribution in [0.5, 0.6) is 0 Å². The summed E-state index contributed by atoms with van der Waals surface area (Å²) in [4.78, 5) is 35.1. The van der Waals surface area contributed by atoms with Crippen LogP contribution in [-0.2, 0) is 9.53 Å². The van der Waals surface area contributed by atoms with Gasteiger partial charge in [-0.1, -0.05) is 30.9 Å². The number of hydrogen-bond acceptors (Lipinski definition) is 4. The maximum atomic E-state index is 13.1. The highest BCUT2D eigenvalue weighted by Crippen LogP contribution is 2.21. The monoisotopic (exact) mass is 374 g/mol. The predicted molar refractivity (Wildman–Crippen MR) is 85.2 cm³/mol. The maximum absolute atomic E-state index is 13.1. The summed E-state index contributed by atoms with van der Waals surface area (Å²) in [5.74, 6) is -4.43. The zero-order valence-electron chi connectivity index (χ0n) is 13.2. The van der Waals surface area contributed by atoms with Gasteiger partial charge in [0.15, 0.2) is 18.2 Å². The highest BCUT2D eigenvalue weighted by molar-refractivity contribution is 6.33. The summed E-state index contributed by atoms with van der Waals surface area (Å²) in [5, 5.41) is 4.36. The molecule has 2 N–H and O–H groups in total. The van der Waals surface area contributed by atoms with Gasteiger partial charge < -0.3 is 10.1 Å². The van der Waals surface area contributed by atoms with Crippen LogP contribution in [0.1, 0.15) is 42.5 Å². The molecule has 0 aliphatic heterocycles. The number of carbonyl (C=O) groups is 3. The first kappa shape index (κ1) is 19.1. The molecule has 2 rings (SSSR count). The Morgan fingerprint density at radius 1 is 1.12 bits per heavy atom. The van der Waals surface area contributed by atoms with E-state index in [2.05, 4.69) is 10.1 Å². The average Bonchev–Trinajstić information content (AvgIpc) is 2.56. The first-order chi connectivity index (χ1) is 11.9. The van der Waals surface area contributed by atoms with Crippen LogP contribution in [0.3, 0.4) is 0 Å². The third kappa shape index (κ3) is 5.67. The molecular weight excluding hydrogens is 358 g/mol. The highest BCUT2D eigenvalue weighted by Gasteiger charge is 2.19. The van der Waals surface area contributed by atoms with Crippen molar-refractivity contribution in [3.8, 4) is 0 Å². The molecule has 1 fully saturated rings. The highest BCUT2D eigenvalue weighted by atomic mass is 35.5. The van der Waals surface area contributed by atoms with Crippen molar-refractivity contribution < 1.29 is 27.9 Å². The van der Waals surface area contributed by atoms with E-state index in [-0.39, 0.29) is 11.1 Å². The lowest BCUT2D eigenvalue weighted by Crippen LogP contribution is -2.46. The van der Waals surface area contributed by atoms with E-state index < -0.39 is 41.7 Å². The molecule has 0 spiro atoms. The van der Waals surface area contributed by atoms with E-state index in [0.717, 1.165) is 32.1 Å². The number of nitrogens with one attached hydrogen (secondary N) is 2. The van der Waals surface area contributed by atoms with Crippen molar-refractivity contribution in [2.24, 2.45) is 0 Å². The largest absolute Gasteiger partial charge is 0.452 e. The molecule has 25 heavy (non-hydrogen) atoms. The molecule has 1 aliphatic rings.